The van der Waals surface area contributed by atoms with Crippen molar-refractivity contribution in [3.8, 4) is 11.5 Å². The van der Waals surface area contributed by atoms with E-state index < -0.39 is 5.92 Å². The highest BCUT2D eigenvalue weighted by Gasteiger charge is 2.40. The van der Waals surface area contributed by atoms with Gasteiger partial charge < -0.3 is 19.7 Å². The lowest BCUT2D eigenvalue weighted by Crippen LogP contribution is -2.37. The van der Waals surface area contributed by atoms with Crippen LogP contribution in [-0.2, 0) is 4.79 Å². The van der Waals surface area contributed by atoms with Crippen molar-refractivity contribution < 1.29 is 23.5 Å². The zero-order valence-corrected chi connectivity index (χ0v) is 17.1. The van der Waals surface area contributed by atoms with Gasteiger partial charge in [-0.2, -0.15) is 0 Å². The molecule has 2 aromatic rings. The van der Waals surface area contributed by atoms with E-state index in [1.807, 2.05) is 13.8 Å². The normalized spacial score (nSPS) is 19.9. The summed E-state index contributed by atoms with van der Waals surface area (Å²) in [5, 5.41) is 2.98. The standard InChI is InChI=1S/C23H25FN2O4/c1-14(2)10-25-22(27)19-12-26(11-18(19)15-3-6-17(24)7-4-15)23(28)16-5-8-20-21(9-16)30-13-29-20/h3-9,14,18-19H,10-13H2,1-2H3,(H,25,27). The van der Waals surface area contributed by atoms with Crippen LogP contribution in [0.2, 0.25) is 0 Å². The molecule has 158 valence electrons. The number of hydrogen-bond donors (Lipinski definition) is 1. The maximum atomic E-state index is 13.4. The number of hydrogen-bond acceptors (Lipinski definition) is 4. The van der Waals surface area contributed by atoms with Crippen molar-refractivity contribution in [3.05, 3.63) is 59.4 Å². The molecule has 0 bridgehead atoms. The maximum absolute atomic E-state index is 13.4. The molecule has 30 heavy (non-hydrogen) atoms. The Morgan fingerprint density at radius 3 is 2.57 bits per heavy atom. The number of fused-ring (bicyclic) bond motifs is 1. The molecule has 6 nitrogen and oxygen atoms in total. The Balaban J connectivity index is 1.56. The SMILES string of the molecule is CC(C)CNC(=O)C1CN(C(=O)c2ccc3c(c2)OCO3)CC1c1ccc(F)cc1. The average molecular weight is 412 g/mol. The van der Waals surface area contributed by atoms with Crippen LogP contribution in [0.15, 0.2) is 42.5 Å². The van der Waals surface area contributed by atoms with E-state index in [9.17, 15) is 14.0 Å². The van der Waals surface area contributed by atoms with E-state index >= 15 is 0 Å². The van der Waals surface area contributed by atoms with Gasteiger partial charge in [0.2, 0.25) is 12.7 Å². The predicted molar refractivity (Wildman–Crippen MR) is 109 cm³/mol. The number of carbonyl (C=O) groups is 2. The van der Waals surface area contributed by atoms with Gasteiger partial charge in [0.05, 0.1) is 5.92 Å². The van der Waals surface area contributed by atoms with Crippen LogP contribution >= 0.6 is 0 Å². The van der Waals surface area contributed by atoms with Crippen molar-refractivity contribution in [3.63, 3.8) is 0 Å². The van der Waals surface area contributed by atoms with Gasteiger partial charge in [0.1, 0.15) is 5.82 Å². The number of amides is 2. The molecule has 2 heterocycles. The first-order chi connectivity index (χ1) is 14.4. The molecule has 2 unspecified atom stereocenters. The van der Waals surface area contributed by atoms with Gasteiger partial charge in [-0.25, -0.2) is 4.39 Å². The van der Waals surface area contributed by atoms with Gasteiger partial charge in [-0.1, -0.05) is 26.0 Å². The first-order valence-corrected chi connectivity index (χ1v) is 10.1. The fourth-order valence-electron chi connectivity index (χ4n) is 3.93. The number of nitrogens with one attached hydrogen (secondary N) is 1. The molecule has 0 aliphatic carbocycles. The zero-order valence-electron chi connectivity index (χ0n) is 17.1. The second-order valence-electron chi connectivity index (χ2n) is 8.18. The molecule has 2 aliphatic rings. The monoisotopic (exact) mass is 412 g/mol. The van der Waals surface area contributed by atoms with Gasteiger partial charge in [-0.15, -0.1) is 0 Å². The first-order valence-electron chi connectivity index (χ1n) is 10.1. The third kappa shape index (κ3) is 4.10. The zero-order chi connectivity index (χ0) is 21.3. The van der Waals surface area contributed by atoms with Gasteiger partial charge in [0, 0.05) is 31.1 Å². The highest BCUT2D eigenvalue weighted by atomic mass is 19.1. The molecule has 1 fully saturated rings. The molecule has 0 aromatic heterocycles. The van der Waals surface area contributed by atoms with E-state index in [-0.39, 0.29) is 30.3 Å². The Morgan fingerprint density at radius 1 is 1.10 bits per heavy atom. The lowest BCUT2D eigenvalue weighted by Gasteiger charge is -2.18. The second kappa shape index (κ2) is 8.34. The van der Waals surface area contributed by atoms with E-state index in [1.54, 1.807) is 35.2 Å². The van der Waals surface area contributed by atoms with E-state index in [1.165, 1.54) is 12.1 Å². The van der Waals surface area contributed by atoms with Crippen molar-refractivity contribution in [2.24, 2.45) is 11.8 Å². The molecule has 0 radical (unpaired) electrons. The Bertz CT molecular complexity index is 945. The number of benzene rings is 2. The summed E-state index contributed by atoms with van der Waals surface area (Å²) in [6, 6.07) is 11.3. The summed E-state index contributed by atoms with van der Waals surface area (Å²) < 4.78 is 24.1. The van der Waals surface area contributed by atoms with Gasteiger partial charge >= 0.3 is 0 Å². The van der Waals surface area contributed by atoms with Crippen molar-refractivity contribution in [2.45, 2.75) is 19.8 Å². The molecule has 2 atom stereocenters. The number of likely N-dealkylation sites (tertiary alicyclic amines) is 1. The van der Waals surface area contributed by atoms with Crippen LogP contribution in [0.4, 0.5) is 4.39 Å². The third-order valence-electron chi connectivity index (χ3n) is 5.55. The Hall–Kier alpha value is -3.09. The predicted octanol–water partition coefficient (Wildman–Crippen LogP) is 3.18. The molecule has 4 rings (SSSR count). The highest BCUT2D eigenvalue weighted by molar-refractivity contribution is 5.96. The second-order valence-corrected chi connectivity index (χ2v) is 8.18. The minimum atomic E-state index is -0.396. The molecule has 7 heteroatoms. The fourth-order valence-corrected chi connectivity index (χ4v) is 3.93. The summed E-state index contributed by atoms with van der Waals surface area (Å²) >= 11 is 0. The van der Waals surface area contributed by atoms with E-state index in [2.05, 4.69) is 5.32 Å². The lowest BCUT2D eigenvalue weighted by atomic mass is 9.88. The van der Waals surface area contributed by atoms with Crippen molar-refractivity contribution in [1.29, 1.82) is 0 Å². The van der Waals surface area contributed by atoms with Crippen LogP contribution in [0, 0.1) is 17.7 Å². The van der Waals surface area contributed by atoms with Crippen LogP contribution in [0.25, 0.3) is 0 Å². The number of rotatable bonds is 5. The molecular weight excluding hydrogens is 387 g/mol. The molecule has 2 aliphatic heterocycles. The van der Waals surface area contributed by atoms with E-state index in [4.69, 9.17) is 9.47 Å². The van der Waals surface area contributed by atoms with E-state index in [0.29, 0.717) is 42.6 Å². The van der Waals surface area contributed by atoms with Crippen LogP contribution in [0.1, 0.15) is 35.7 Å². The van der Waals surface area contributed by atoms with Crippen molar-refractivity contribution in [1.82, 2.24) is 10.2 Å². The van der Waals surface area contributed by atoms with Crippen LogP contribution < -0.4 is 14.8 Å². The minimum Gasteiger partial charge on any atom is -0.454 e. The van der Waals surface area contributed by atoms with E-state index in [0.717, 1.165) is 5.56 Å². The summed E-state index contributed by atoms with van der Waals surface area (Å²) in [5.41, 5.74) is 1.34. The molecule has 2 amide bonds. The fraction of sp³-hybridized carbons (Fsp3) is 0.391. The average Bonchev–Trinajstić information content (AvgIpc) is 3.38. The van der Waals surface area contributed by atoms with Gasteiger partial charge in [0.15, 0.2) is 11.5 Å². The largest absolute Gasteiger partial charge is 0.454 e. The van der Waals surface area contributed by atoms with Gasteiger partial charge in [0.25, 0.3) is 5.91 Å². The summed E-state index contributed by atoms with van der Waals surface area (Å²) in [6.45, 7) is 5.46. The topological polar surface area (TPSA) is 67.9 Å². The van der Waals surface area contributed by atoms with Crippen LogP contribution in [-0.4, -0.2) is 43.1 Å². The third-order valence-corrected chi connectivity index (χ3v) is 5.55. The van der Waals surface area contributed by atoms with Crippen LogP contribution in [0.5, 0.6) is 11.5 Å². The number of ether oxygens (including phenoxy) is 2. The number of nitrogens with zero attached hydrogens (tertiary/aromatic N) is 1. The van der Waals surface area contributed by atoms with Crippen molar-refractivity contribution in [2.75, 3.05) is 26.4 Å². The Kier molecular flexibility index (Phi) is 5.61. The summed E-state index contributed by atoms with van der Waals surface area (Å²) in [7, 11) is 0. The number of carbonyl (C=O) groups excluding carboxylic acids is 2. The molecule has 0 spiro atoms. The quantitative estimate of drug-likeness (QED) is 0.819. The summed E-state index contributed by atoms with van der Waals surface area (Å²) in [6.07, 6.45) is 0. The Labute approximate surface area is 175 Å². The molecule has 2 aromatic carbocycles. The Morgan fingerprint density at radius 2 is 1.83 bits per heavy atom. The smallest absolute Gasteiger partial charge is 0.254 e. The maximum Gasteiger partial charge on any atom is 0.254 e. The first kappa shape index (κ1) is 20.2. The van der Waals surface area contributed by atoms with Gasteiger partial charge in [-0.3, -0.25) is 9.59 Å². The summed E-state index contributed by atoms with van der Waals surface area (Å²) in [4.78, 5) is 27.7. The molecule has 1 N–H and O–H groups in total. The minimum absolute atomic E-state index is 0.0842. The van der Waals surface area contributed by atoms with Gasteiger partial charge in [-0.05, 0) is 41.8 Å². The lowest BCUT2D eigenvalue weighted by molar-refractivity contribution is -0.125. The highest BCUT2D eigenvalue weighted by Crippen LogP contribution is 2.36. The summed E-state index contributed by atoms with van der Waals surface area (Å²) in [5.74, 6) is 0.308. The number of halogens is 1. The molecule has 0 saturated carbocycles. The molecular formula is C23H25FN2O4. The molecule has 1 saturated heterocycles. The van der Waals surface area contributed by atoms with Crippen molar-refractivity contribution >= 4 is 11.8 Å². The van der Waals surface area contributed by atoms with Crippen LogP contribution in [0.3, 0.4) is 0 Å².